The minimum atomic E-state index is -0.556. The molecule has 5 rings (SSSR count). The number of ether oxygens (including phenoxy) is 2. The quantitative estimate of drug-likeness (QED) is 0.664. The minimum absolute atomic E-state index is 0.0224. The molecule has 4 saturated carbocycles. The maximum atomic E-state index is 13.7. The smallest absolute Gasteiger partial charge is 0.348 e. The standard InChI is InChI=1S/C23H31NO5S/c1-6-29-19(26)16-13(2)15(18(25)28-5)17(30-16)24-20(27)23-9-14-7-21(3,11-23)10-22(4,8-14)12-23/h14H,6-12H2,1-5H3,(H,24,27)/t14?,21-,22-,23?/m1/s1. The Morgan fingerprint density at radius 1 is 1.07 bits per heavy atom. The van der Waals surface area contributed by atoms with Gasteiger partial charge in [0.05, 0.1) is 24.7 Å². The van der Waals surface area contributed by atoms with Gasteiger partial charge in [0.25, 0.3) is 0 Å². The molecule has 4 bridgehead atoms. The third-order valence-electron chi connectivity index (χ3n) is 7.33. The van der Waals surface area contributed by atoms with Crippen LogP contribution in [0.5, 0.6) is 0 Å². The van der Waals surface area contributed by atoms with Crippen LogP contribution >= 0.6 is 11.3 Å². The largest absolute Gasteiger partial charge is 0.465 e. The van der Waals surface area contributed by atoms with Crippen LogP contribution in [-0.2, 0) is 14.3 Å². The Bertz CT molecular complexity index is 901. The third-order valence-corrected chi connectivity index (χ3v) is 8.52. The molecule has 1 heterocycles. The van der Waals surface area contributed by atoms with Gasteiger partial charge in [-0.1, -0.05) is 13.8 Å². The van der Waals surface area contributed by atoms with Crippen LogP contribution in [0, 0.1) is 29.1 Å². The van der Waals surface area contributed by atoms with Crippen LogP contribution < -0.4 is 5.32 Å². The van der Waals surface area contributed by atoms with Crippen molar-refractivity contribution >= 4 is 34.2 Å². The molecular formula is C23H31NO5S. The van der Waals surface area contributed by atoms with Crippen molar-refractivity contribution < 1.29 is 23.9 Å². The molecule has 0 unspecified atom stereocenters. The average molecular weight is 434 g/mol. The van der Waals surface area contributed by atoms with Gasteiger partial charge in [0.2, 0.25) is 5.91 Å². The Morgan fingerprint density at radius 3 is 2.23 bits per heavy atom. The van der Waals surface area contributed by atoms with E-state index in [-0.39, 0.29) is 28.9 Å². The molecule has 0 spiro atoms. The predicted octanol–water partition coefficient (Wildman–Crippen LogP) is 4.95. The van der Waals surface area contributed by atoms with Crippen molar-refractivity contribution in [2.75, 3.05) is 19.0 Å². The summed E-state index contributed by atoms with van der Waals surface area (Å²) in [7, 11) is 1.30. The van der Waals surface area contributed by atoms with Crippen molar-refractivity contribution in [3.63, 3.8) is 0 Å². The fourth-order valence-corrected chi connectivity index (χ4v) is 8.36. The van der Waals surface area contributed by atoms with Crippen molar-refractivity contribution in [2.45, 2.75) is 66.2 Å². The number of carbonyl (C=O) groups excluding carboxylic acids is 3. The van der Waals surface area contributed by atoms with E-state index in [4.69, 9.17) is 9.47 Å². The molecule has 1 aromatic rings. The Labute approximate surface area is 181 Å². The highest BCUT2D eigenvalue weighted by Crippen LogP contribution is 2.69. The maximum absolute atomic E-state index is 13.7. The monoisotopic (exact) mass is 433 g/mol. The minimum Gasteiger partial charge on any atom is -0.465 e. The lowest BCUT2D eigenvalue weighted by Gasteiger charge is -2.64. The number of hydrogen-bond donors (Lipinski definition) is 1. The second-order valence-corrected chi connectivity index (χ2v) is 11.4. The summed E-state index contributed by atoms with van der Waals surface area (Å²) in [5, 5.41) is 3.43. The van der Waals surface area contributed by atoms with Gasteiger partial charge in [0, 0.05) is 0 Å². The van der Waals surface area contributed by atoms with Gasteiger partial charge in [-0.05, 0) is 74.7 Å². The lowest BCUT2D eigenvalue weighted by Crippen LogP contribution is -2.58. The first-order valence-corrected chi connectivity index (χ1v) is 11.6. The van der Waals surface area contributed by atoms with Gasteiger partial charge in [-0.3, -0.25) is 4.79 Å². The summed E-state index contributed by atoms with van der Waals surface area (Å²) in [5.74, 6) is -0.479. The summed E-state index contributed by atoms with van der Waals surface area (Å²) in [5.41, 5.74) is 0.750. The Morgan fingerprint density at radius 2 is 1.70 bits per heavy atom. The molecule has 0 aliphatic heterocycles. The van der Waals surface area contributed by atoms with E-state index in [0.29, 0.717) is 21.4 Å². The highest BCUT2D eigenvalue weighted by atomic mass is 32.1. The molecule has 4 aliphatic rings. The van der Waals surface area contributed by atoms with Crippen molar-refractivity contribution in [2.24, 2.45) is 22.2 Å². The lowest BCUT2D eigenvalue weighted by atomic mass is 9.40. The van der Waals surface area contributed by atoms with Crippen LogP contribution in [0.3, 0.4) is 0 Å². The highest BCUT2D eigenvalue weighted by molar-refractivity contribution is 7.18. The molecule has 30 heavy (non-hydrogen) atoms. The Balaban J connectivity index is 1.67. The van der Waals surface area contributed by atoms with Crippen LogP contribution in [0.15, 0.2) is 0 Å². The van der Waals surface area contributed by atoms with Crippen molar-refractivity contribution in [3.05, 3.63) is 16.0 Å². The molecule has 0 radical (unpaired) electrons. The van der Waals surface area contributed by atoms with E-state index >= 15 is 0 Å². The average Bonchev–Trinajstić information content (AvgIpc) is 2.94. The van der Waals surface area contributed by atoms with E-state index in [1.807, 2.05) is 0 Å². The Hall–Kier alpha value is -1.89. The van der Waals surface area contributed by atoms with E-state index in [9.17, 15) is 14.4 Å². The Kier molecular flexibility index (Phi) is 5.03. The SMILES string of the molecule is CCOC(=O)c1sc(NC(=O)C23CC4C[C@@](C)(C2)C[C@@](C)(C4)C3)c(C(=O)OC)c1C. The van der Waals surface area contributed by atoms with Crippen LogP contribution in [0.1, 0.15) is 84.9 Å². The molecule has 7 heteroatoms. The van der Waals surface area contributed by atoms with Gasteiger partial charge in [-0.2, -0.15) is 0 Å². The van der Waals surface area contributed by atoms with Gasteiger partial charge in [0.15, 0.2) is 0 Å². The molecule has 4 fully saturated rings. The van der Waals surface area contributed by atoms with Crippen molar-refractivity contribution in [3.8, 4) is 0 Å². The molecule has 6 nitrogen and oxygen atoms in total. The van der Waals surface area contributed by atoms with Gasteiger partial charge in [-0.25, -0.2) is 9.59 Å². The topological polar surface area (TPSA) is 81.7 Å². The van der Waals surface area contributed by atoms with E-state index < -0.39 is 17.4 Å². The number of methoxy groups -OCH3 is 1. The summed E-state index contributed by atoms with van der Waals surface area (Å²) >= 11 is 1.10. The van der Waals surface area contributed by atoms with Crippen LogP contribution in [0.25, 0.3) is 0 Å². The van der Waals surface area contributed by atoms with E-state index in [1.165, 1.54) is 26.4 Å². The summed E-state index contributed by atoms with van der Waals surface area (Å²) in [6, 6.07) is 0. The molecule has 1 N–H and O–H groups in total. The second-order valence-electron chi connectivity index (χ2n) is 10.3. The van der Waals surface area contributed by atoms with Crippen molar-refractivity contribution in [1.82, 2.24) is 0 Å². The molecule has 1 aromatic heterocycles. The summed E-state index contributed by atoms with van der Waals surface area (Å²) < 4.78 is 10.1. The molecule has 0 saturated heterocycles. The van der Waals surface area contributed by atoms with Gasteiger partial charge >= 0.3 is 11.9 Å². The predicted molar refractivity (Wildman–Crippen MR) is 115 cm³/mol. The van der Waals surface area contributed by atoms with Gasteiger partial charge in [0.1, 0.15) is 9.88 Å². The number of esters is 2. The number of rotatable bonds is 5. The third kappa shape index (κ3) is 3.35. The zero-order chi connectivity index (χ0) is 21.9. The first-order valence-electron chi connectivity index (χ1n) is 10.7. The molecule has 164 valence electrons. The fourth-order valence-electron chi connectivity index (χ4n) is 7.28. The number of carbonyl (C=O) groups is 3. The van der Waals surface area contributed by atoms with Gasteiger partial charge in [-0.15, -0.1) is 11.3 Å². The molecule has 1 amide bonds. The zero-order valence-corrected chi connectivity index (χ0v) is 19.3. The van der Waals surface area contributed by atoms with Crippen LogP contribution in [-0.4, -0.2) is 31.6 Å². The van der Waals surface area contributed by atoms with Crippen molar-refractivity contribution in [1.29, 1.82) is 0 Å². The van der Waals surface area contributed by atoms with Crippen LogP contribution in [0.2, 0.25) is 0 Å². The highest BCUT2D eigenvalue weighted by Gasteiger charge is 2.62. The first kappa shape index (κ1) is 21.3. The number of nitrogens with one attached hydrogen (secondary N) is 1. The van der Waals surface area contributed by atoms with E-state index in [2.05, 4.69) is 19.2 Å². The number of amides is 1. The lowest BCUT2D eigenvalue weighted by molar-refractivity contribution is -0.165. The summed E-state index contributed by atoms with van der Waals surface area (Å²) in [4.78, 5) is 38.8. The maximum Gasteiger partial charge on any atom is 0.348 e. The molecular weight excluding hydrogens is 402 g/mol. The zero-order valence-electron chi connectivity index (χ0n) is 18.5. The summed E-state index contributed by atoms with van der Waals surface area (Å²) in [6.07, 6.45) is 6.28. The van der Waals surface area contributed by atoms with E-state index in [1.54, 1.807) is 13.8 Å². The summed E-state index contributed by atoms with van der Waals surface area (Å²) in [6.45, 7) is 8.32. The molecule has 0 aromatic carbocycles. The second kappa shape index (κ2) is 7.08. The normalized spacial score (nSPS) is 34.0. The molecule has 2 atom stereocenters. The number of thiophene rings is 1. The number of anilines is 1. The number of hydrogen-bond acceptors (Lipinski definition) is 6. The fraction of sp³-hybridized carbons (Fsp3) is 0.696. The molecule has 4 aliphatic carbocycles. The van der Waals surface area contributed by atoms with Gasteiger partial charge < -0.3 is 14.8 Å². The first-order chi connectivity index (χ1) is 14.0. The van der Waals surface area contributed by atoms with Crippen LogP contribution in [0.4, 0.5) is 5.00 Å². The van der Waals surface area contributed by atoms with E-state index in [0.717, 1.165) is 30.6 Å².